The van der Waals surface area contributed by atoms with E-state index in [1.807, 2.05) is 26.8 Å². The Morgan fingerprint density at radius 1 is 1.39 bits per heavy atom. The predicted octanol–water partition coefficient (Wildman–Crippen LogP) is 3.74. The van der Waals surface area contributed by atoms with Crippen LogP contribution in [-0.4, -0.2) is 63.3 Å². The molecule has 1 saturated heterocycles. The zero-order chi connectivity index (χ0) is 23.7. The fraction of sp³-hybridized carbons (Fsp3) is 0.455. The number of carbonyl (C=O) groups is 2. The number of ether oxygens (including phenoxy) is 1. The number of anilines is 1. The SMILES string of the molecule is CCc1[nH]c(C(=O)NC2CCN(c3nc4cccc(C(=O)O)c4s3)CC2OC(C)C)nc1Cl. The Morgan fingerprint density at radius 2 is 2.18 bits per heavy atom. The number of hydrogen-bond donors (Lipinski definition) is 3. The summed E-state index contributed by atoms with van der Waals surface area (Å²) in [5.74, 6) is -1.10. The summed E-state index contributed by atoms with van der Waals surface area (Å²) in [5, 5.41) is 13.6. The number of amides is 1. The molecule has 3 heterocycles. The van der Waals surface area contributed by atoms with E-state index in [1.165, 1.54) is 11.3 Å². The van der Waals surface area contributed by atoms with E-state index < -0.39 is 5.97 Å². The Morgan fingerprint density at radius 3 is 2.85 bits per heavy atom. The first-order valence-corrected chi connectivity index (χ1v) is 12.0. The summed E-state index contributed by atoms with van der Waals surface area (Å²) in [6, 6.07) is 4.89. The number of hydrogen-bond acceptors (Lipinski definition) is 7. The standard InChI is InChI=1S/C22H26ClN5O4S/c1-4-13-18(23)27-19(24-13)20(29)25-14-8-9-28(10-16(14)32-11(2)3)22-26-15-7-5-6-12(21(30)31)17(15)33-22/h5-7,11,14,16H,4,8-10H2,1-3H3,(H,24,27)(H,25,29)(H,30,31). The maximum Gasteiger partial charge on any atom is 0.337 e. The number of nitrogens with one attached hydrogen (secondary N) is 2. The second kappa shape index (κ2) is 9.66. The van der Waals surface area contributed by atoms with Crippen LogP contribution in [0, 0.1) is 0 Å². The molecule has 0 radical (unpaired) electrons. The molecule has 1 aliphatic rings. The summed E-state index contributed by atoms with van der Waals surface area (Å²) in [6.07, 6.45) is 0.986. The lowest BCUT2D eigenvalue weighted by molar-refractivity contribution is -0.0167. The van der Waals surface area contributed by atoms with Crippen LogP contribution in [0.3, 0.4) is 0 Å². The number of imidazole rings is 1. The van der Waals surface area contributed by atoms with Crippen molar-refractivity contribution in [3.63, 3.8) is 0 Å². The highest BCUT2D eigenvalue weighted by Crippen LogP contribution is 2.33. The Kier molecular flexibility index (Phi) is 6.87. The molecule has 3 aromatic rings. The number of carboxylic acid groups (broad SMARTS) is 1. The van der Waals surface area contributed by atoms with Crippen LogP contribution in [-0.2, 0) is 11.2 Å². The number of benzene rings is 1. The Balaban J connectivity index is 1.53. The van der Waals surface area contributed by atoms with Crippen LogP contribution in [0.4, 0.5) is 5.13 Å². The van der Waals surface area contributed by atoms with Crippen LogP contribution in [0.25, 0.3) is 10.2 Å². The Bertz CT molecular complexity index is 1180. The molecular weight excluding hydrogens is 466 g/mol. The molecule has 1 fully saturated rings. The molecular formula is C22H26ClN5O4S. The quantitative estimate of drug-likeness (QED) is 0.460. The fourth-order valence-electron chi connectivity index (χ4n) is 3.95. The lowest BCUT2D eigenvalue weighted by Gasteiger charge is -2.39. The van der Waals surface area contributed by atoms with E-state index in [2.05, 4.69) is 25.2 Å². The molecule has 0 aliphatic carbocycles. The molecule has 9 nitrogen and oxygen atoms in total. The molecule has 176 valence electrons. The molecule has 1 aromatic carbocycles. The van der Waals surface area contributed by atoms with E-state index in [0.29, 0.717) is 41.3 Å². The van der Waals surface area contributed by atoms with Crippen molar-refractivity contribution in [1.82, 2.24) is 20.3 Å². The Hall–Kier alpha value is -2.69. The number of aromatic carboxylic acids is 1. The van der Waals surface area contributed by atoms with Crippen LogP contribution < -0.4 is 10.2 Å². The highest BCUT2D eigenvalue weighted by molar-refractivity contribution is 7.22. The van der Waals surface area contributed by atoms with Gasteiger partial charge in [0.15, 0.2) is 16.1 Å². The summed E-state index contributed by atoms with van der Waals surface area (Å²) in [7, 11) is 0. The van der Waals surface area contributed by atoms with Crippen molar-refractivity contribution >= 4 is 50.2 Å². The minimum Gasteiger partial charge on any atom is -0.478 e. The normalized spacial score (nSPS) is 18.8. The molecule has 3 N–H and O–H groups in total. The number of nitrogens with zero attached hydrogens (tertiary/aromatic N) is 3. The van der Waals surface area contributed by atoms with Gasteiger partial charge in [-0.3, -0.25) is 4.79 Å². The molecule has 2 unspecified atom stereocenters. The van der Waals surface area contributed by atoms with Crippen molar-refractivity contribution in [2.24, 2.45) is 0 Å². The van der Waals surface area contributed by atoms with Gasteiger partial charge in [-0.05, 0) is 38.8 Å². The molecule has 0 spiro atoms. The van der Waals surface area contributed by atoms with E-state index in [1.54, 1.807) is 12.1 Å². The lowest BCUT2D eigenvalue weighted by Crippen LogP contribution is -2.56. The number of aryl methyl sites for hydroxylation is 1. The number of fused-ring (bicyclic) bond motifs is 1. The van der Waals surface area contributed by atoms with Crippen LogP contribution >= 0.6 is 22.9 Å². The average molecular weight is 492 g/mol. The maximum atomic E-state index is 12.8. The number of carbonyl (C=O) groups excluding carboxylic acids is 1. The van der Waals surface area contributed by atoms with Crippen molar-refractivity contribution in [3.05, 3.63) is 40.4 Å². The van der Waals surface area contributed by atoms with Crippen molar-refractivity contribution in [3.8, 4) is 0 Å². The number of halogens is 1. The van der Waals surface area contributed by atoms with Gasteiger partial charge in [0.1, 0.15) is 0 Å². The van der Waals surface area contributed by atoms with Gasteiger partial charge in [0.05, 0.1) is 39.7 Å². The third kappa shape index (κ3) is 4.97. The largest absolute Gasteiger partial charge is 0.478 e. The van der Waals surface area contributed by atoms with Crippen LogP contribution in [0.2, 0.25) is 5.15 Å². The molecule has 2 aromatic heterocycles. The molecule has 0 saturated carbocycles. The van der Waals surface area contributed by atoms with E-state index in [9.17, 15) is 14.7 Å². The number of carboxylic acids is 1. The molecule has 1 amide bonds. The fourth-order valence-corrected chi connectivity index (χ4v) is 5.32. The number of aromatic nitrogens is 3. The van der Waals surface area contributed by atoms with E-state index in [4.69, 9.17) is 16.3 Å². The van der Waals surface area contributed by atoms with Gasteiger partial charge in [0, 0.05) is 13.1 Å². The first-order chi connectivity index (χ1) is 15.8. The van der Waals surface area contributed by atoms with Gasteiger partial charge in [0.25, 0.3) is 5.91 Å². The third-order valence-electron chi connectivity index (χ3n) is 5.52. The molecule has 0 bridgehead atoms. The van der Waals surface area contributed by atoms with Crippen molar-refractivity contribution in [2.45, 2.75) is 51.9 Å². The van der Waals surface area contributed by atoms with Gasteiger partial charge in [-0.25, -0.2) is 14.8 Å². The smallest absolute Gasteiger partial charge is 0.337 e. The zero-order valence-corrected chi connectivity index (χ0v) is 20.2. The summed E-state index contributed by atoms with van der Waals surface area (Å²) < 4.78 is 6.80. The molecule has 4 rings (SSSR count). The monoisotopic (exact) mass is 491 g/mol. The van der Waals surface area contributed by atoms with Crippen LogP contribution in [0.15, 0.2) is 18.2 Å². The number of thiazole rings is 1. The van der Waals surface area contributed by atoms with E-state index >= 15 is 0 Å². The summed E-state index contributed by atoms with van der Waals surface area (Å²) in [5.41, 5.74) is 1.63. The van der Waals surface area contributed by atoms with Crippen molar-refractivity contribution in [1.29, 1.82) is 0 Å². The highest BCUT2D eigenvalue weighted by atomic mass is 35.5. The van der Waals surface area contributed by atoms with Gasteiger partial charge in [-0.2, -0.15) is 0 Å². The van der Waals surface area contributed by atoms with Crippen LogP contribution in [0.1, 0.15) is 53.9 Å². The van der Waals surface area contributed by atoms with Gasteiger partial charge < -0.3 is 25.0 Å². The van der Waals surface area contributed by atoms with E-state index in [-0.39, 0.29) is 35.5 Å². The molecule has 2 atom stereocenters. The Labute approximate surface area is 200 Å². The summed E-state index contributed by atoms with van der Waals surface area (Å²) in [6.45, 7) is 7.00. The number of H-pyrrole nitrogens is 1. The van der Waals surface area contributed by atoms with Gasteiger partial charge in [0.2, 0.25) is 0 Å². The number of aromatic amines is 1. The first-order valence-electron chi connectivity index (χ1n) is 10.8. The average Bonchev–Trinajstić information content (AvgIpc) is 3.37. The van der Waals surface area contributed by atoms with Crippen molar-refractivity contribution in [2.75, 3.05) is 18.0 Å². The topological polar surface area (TPSA) is 120 Å². The van der Waals surface area contributed by atoms with E-state index in [0.717, 1.165) is 10.8 Å². The predicted molar refractivity (Wildman–Crippen MR) is 128 cm³/mol. The second-order valence-corrected chi connectivity index (χ2v) is 9.54. The lowest BCUT2D eigenvalue weighted by atomic mass is 10.0. The molecule has 33 heavy (non-hydrogen) atoms. The molecule has 1 aliphatic heterocycles. The third-order valence-corrected chi connectivity index (χ3v) is 7.00. The summed E-state index contributed by atoms with van der Waals surface area (Å²) >= 11 is 7.44. The van der Waals surface area contributed by atoms with Gasteiger partial charge >= 0.3 is 5.97 Å². The summed E-state index contributed by atoms with van der Waals surface area (Å²) in [4.78, 5) is 38.2. The number of piperidine rings is 1. The zero-order valence-electron chi connectivity index (χ0n) is 18.6. The second-order valence-electron chi connectivity index (χ2n) is 8.20. The minimum absolute atomic E-state index is 0.0342. The molecule has 11 heteroatoms. The van der Waals surface area contributed by atoms with Gasteiger partial charge in [-0.15, -0.1) is 0 Å². The van der Waals surface area contributed by atoms with Gasteiger partial charge in [-0.1, -0.05) is 35.9 Å². The highest BCUT2D eigenvalue weighted by Gasteiger charge is 2.34. The van der Waals surface area contributed by atoms with Crippen molar-refractivity contribution < 1.29 is 19.4 Å². The maximum absolute atomic E-state index is 12.8. The minimum atomic E-state index is -0.970. The number of rotatable bonds is 7. The van der Waals surface area contributed by atoms with Crippen LogP contribution in [0.5, 0.6) is 0 Å². The first kappa shape index (κ1) is 23.5.